The zero-order valence-electron chi connectivity index (χ0n) is 12.1. The number of ether oxygens (including phenoxy) is 1. The first-order valence-electron chi connectivity index (χ1n) is 6.89. The molecule has 4 nitrogen and oxygen atoms in total. The lowest BCUT2D eigenvalue weighted by Crippen LogP contribution is -2.07. The summed E-state index contributed by atoms with van der Waals surface area (Å²) in [5.74, 6) is 0.863. The number of hydrogen-bond acceptors (Lipinski definition) is 4. The highest BCUT2D eigenvalue weighted by molar-refractivity contribution is 5.90. The van der Waals surface area contributed by atoms with Gasteiger partial charge in [0.25, 0.3) is 0 Å². The van der Waals surface area contributed by atoms with Gasteiger partial charge in [-0.15, -0.1) is 0 Å². The Kier molecular flexibility index (Phi) is 3.69. The van der Waals surface area contributed by atoms with Gasteiger partial charge in [0.2, 0.25) is 0 Å². The van der Waals surface area contributed by atoms with Gasteiger partial charge in [0.1, 0.15) is 5.75 Å². The summed E-state index contributed by atoms with van der Waals surface area (Å²) in [6.07, 6.45) is 1.77. The van der Waals surface area contributed by atoms with Crippen LogP contribution in [0.3, 0.4) is 0 Å². The van der Waals surface area contributed by atoms with Crippen LogP contribution in [0.15, 0.2) is 54.7 Å². The van der Waals surface area contributed by atoms with Crippen LogP contribution in [0.1, 0.15) is 18.5 Å². The third kappa shape index (κ3) is 2.79. The molecular weight excluding hydrogens is 262 g/mol. The first-order valence-corrected chi connectivity index (χ1v) is 6.89. The van der Waals surface area contributed by atoms with Crippen molar-refractivity contribution in [2.75, 3.05) is 12.4 Å². The molecule has 2 aromatic carbocycles. The molecule has 0 amide bonds. The Morgan fingerprint density at radius 1 is 1.05 bits per heavy atom. The van der Waals surface area contributed by atoms with E-state index in [-0.39, 0.29) is 6.04 Å². The van der Waals surface area contributed by atoms with Gasteiger partial charge in [-0.3, -0.25) is 0 Å². The van der Waals surface area contributed by atoms with E-state index in [4.69, 9.17) is 4.74 Å². The molecule has 0 fully saturated rings. The highest BCUT2D eigenvalue weighted by atomic mass is 16.5. The Hall–Kier alpha value is -2.62. The monoisotopic (exact) mass is 279 g/mol. The summed E-state index contributed by atoms with van der Waals surface area (Å²) in [5, 5.41) is 12.8. The Morgan fingerprint density at radius 3 is 2.57 bits per heavy atom. The van der Waals surface area contributed by atoms with Crippen molar-refractivity contribution in [1.29, 1.82) is 0 Å². The van der Waals surface area contributed by atoms with Crippen molar-refractivity contribution in [3.63, 3.8) is 0 Å². The summed E-state index contributed by atoms with van der Waals surface area (Å²) < 4.78 is 5.19. The molecule has 1 aromatic heterocycles. The van der Waals surface area contributed by atoms with Crippen molar-refractivity contribution in [1.82, 2.24) is 10.2 Å². The minimum absolute atomic E-state index is 0.170. The van der Waals surface area contributed by atoms with E-state index in [0.29, 0.717) is 0 Å². The third-order valence-corrected chi connectivity index (χ3v) is 3.53. The van der Waals surface area contributed by atoms with Crippen molar-refractivity contribution >= 4 is 16.6 Å². The Labute approximate surface area is 123 Å². The normalized spacial score (nSPS) is 12.1. The van der Waals surface area contributed by atoms with Gasteiger partial charge in [-0.1, -0.05) is 30.3 Å². The van der Waals surface area contributed by atoms with Crippen molar-refractivity contribution in [3.05, 3.63) is 60.3 Å². The van der Waals surface area contributed by atoms with E-state index < -0.39 is 0 Å². The topological polar surface area (TPSA) is 47.0 Å². The van der Waals surface area contributed by atoms with Gasteiger partial charge in [-0.2, -0.15) is 10.2 Å². The lowest BCUT2D eigenvalue weighted by atomic mass is 10.1. The molecule has 0 aliphatic carbocycles. The quantitative estimate of drug-likeness (QED) is 0.789. The Morgan fingerprint density at radius 2 is 1.81 bits per heavy atom. The molecule has 1 heterocycles. The van der Waals surface area contributed by atoms with Crippen molar-refractivity contribution in [2.45, 2.75) is 13.0 Å². The summed E-state index contributed by atoms with van der Waals surface area (Å²) in [5.41, 5.74) is 3.07. The molecule has 106 valence electrons. The average Bonchev–Trinajstić information content (AvgIpc) is 2.55. The standard InChI is InChI=1S/C17H17N3O/c1-12(13-7-9-14(21-2)10-8-13)19-17-11-18-20-16-6-4-3-5-15(16)17/h3-12H,1-2H3,(H,19,20). The molecule has 4 heteroatoms. The first kappa shape index (κ1) is 13.4. The number of nitrogens with zero attached hydrogens (tertiary/aromatic N) is 2. The largest absolute Gasteiger partial charge is 0.497 e. The number of fused-ring (bicyclic) bond motifs is 1. The van der Waals surface area contributed by atoms with Crippen molar-refractivity contribution in [2.24, 2.45) is 0 Å². The molecule has 0 spiro atoms. The predicted octanol–water partition coefficient (Wildman–Crippen LogP) is 3.81. The van der Waals surface area contributed by atoms with E-state index >= 15 is 0 Å². The van der Waals surface area contributed by atoms with Gasteiger partial charge >= 0.3 is 0 Å². The van der Waals surface area contributed by atoms with Crippen LogP contribution in [-0.2, 0) is 0 Å². The molecule has 1 atom stereocenters. The predicted molar refractivity (Wildman–Crippen MR) is 84.6 cm³/mol. The van der Waals surface area contributed by atoms with E-state index in [1.54, 1.807) is 13.3 Å². The van der Waals surface area contributed by atoms with Gasteiger partial charge in [0.15, 0.2) is 0 Å². The molecule has 0 bridgehead atoms. The van der Waals surface area contributed by atoms with Gasteiger partial charge in [0.05, 0.1) is 24.5 Å². The zero-order chi connectivity index (χ0) is 14.7. The number of rotatable bonds is 4. The van der Waals surface area contributed by atoms with E-state index in [1.165, 1.54) is 5.56 Å². The third-order valence-electron chi connectivity index (χ3n) is 3.53. The van der Waals surface area contributed by atoms with Crippen LogP contribution < -0.4 is 10.1 Å². The fourth-order valence-corrected chi connectivity index (χ4v) is 2.33. The number of nitrogens with one attached hydrogen (secondary N) is 1. The summed E-state index contributed by atoms with van der Waals surface area (Å²) in [4.78, 5) is 0. The SMILES string of the molecule is COc1ccc(C(C)Nc2cnnc3ccccc23)cc1. The fourth-order valence-electron chi connectivity index (χ4n) is 2.33. The molecule has 3 rings (SSSR count). The van der Waals surface area contributed by atoms with Gasteiger partial charge < -0.3 is 10.1 Å². The maximum atomic E-state index is 5.19. The molecular formula is C17H17N3O. The highest BCUT2D eigenvalue weighted by Gasteiger charge is 2.08. The zero-order valence-corrected chi connectivity index (χ0v) is 12.1. The summed E-state index contributed by atoms with van der Waals surface area (Å²) >= 11 is 0. The van der Waals surface area contributed by atoms with Crippen LogP contribution in [-0.4, -0.2) is 17.3 Å². The van der Waals surface area contributed by atoms with Gasteiger partial charge in [-0.05, 0) is 30.7 Å². The van der Waals surface area contributed by atoms with Crippen molar-refractivity contribution < 1.29 is 4.74 Å². The minimum atomic E-state index is 0.170. The summed E-state index contributed by atoms with van der Waals surface area (Å²) in [6, 6.07) is 16.2. The van der Waals surface area contributed by atoms with E-state index in [9.17, 15) is 0 Å². The lowest BCUT2D eigenvalue weighted by Gasteiger charge is -2.17. The van der Waals surface area contributed by atoms with Crippen LogP contribution in [0, 0.1) is 0 Å². The number of hydrogen-bond donors (Lipinski definition) is 1. The molecule has 0 aliphatic rings. The van der Waals surface area contributed by atoms with E-state index in [0.717, 1.165) is 22.3 Å². The summed E-state index contributed by atoms with van der Waals surface area (Å²) in [6.45, 7) is 2.12. The molecule has 0 radical (unpaired) electrons. The van der Waals surface area contributed by atoms with Crippen LogP contribution >= 0.6 is 0 Å². The van der Waals surface area contributed by atoms with Gasteiger partial charge in [-0.25, -0.2) is 0 Å². The molecule has 21 heavy (non-hydrogen) atoms. The van der Waals surface area contributed by atoms with E-state index in [1.807, 2.05) is 36.4 Å². The number of benzene rings is 2. The minimum Gasteiger partial charge on any atom is -0.497 e. The van der Waals surface area contributed by atoms with Crippen LogP contribution in [0.2, 0.25) is 0 Å². The highest BCUT2D eigenvalue weighted by Crippen LogP contribution is 2.25. The Bertz CT molecular complexity index is 735. The maximum absolute atomic E-state index is 5.19. The summed E-state index contributed by atoms with van der Waals surface area (Å²) in [7, 11) is 1.67. The van der Waals surface area contributed by atoms with Crippen LogP contribution in [0.5, 0.6) is 5.75 Å². The molecule has 0 saturated carbocycles. The number of aromatic nitrogens is 2. The second kappa shape index (κ2) is 5.79. The maximum Gasteiger partial charge on any atom is 0.118 e. The van der Waals surface area contributed by atoms with Gasteiger partial charge in [0, 0.05) is 11.4 Å². The second-order valence-corrected chi connectivity index (χ2v) is 4.91. The molecule has 0 saturated heterocycles. The first-order chi connectivity index (χ1) is 10.3. The van der Waals surface area contributed by atoms with E-state index in [2.05, 4.69) is 34.6 Å². The molecule has 0 aliphatic heterocycles. The molecule has 1 N–H and O–H groups in total. The fraction of sp³-hybridized carbons (Fsp3) is 0.176. The number of methoxy groups -OCH3 is 1. The second-order valence-electron chi connectivity index (χ2n) is 4.91. The van der Waals surface area contributed by atoms with Crippen molar-refractivity contribution in [3.8, 4) is 5.75 Å². The smallest absolute Gasteiger partial charge is 0.118 e. The Balaban J connectivity index is 1.87. The molecule has 1 unspecified atom stereocenters. The average molecular weight is 279 g/mol. The molecule has 3 aromatic rings. The lowest BCUT2D eigenvalue weighted by molar-refractivity contribution is 0.414. The number of anilines is 1. The van der Waals surface area contributed by atoms with Crippen LogP contribution in [0.4, 0.5) is 5.69 Å². The van der Waals surface area contributed by atoms with Crippen LogP contribution in [0.25, 0.3) is 10.9 Å².